The molecule has 0 unspecified atom stereocenters. The number of ether oxygens (including phenoxy) is 2. The Kier molecular flexibility index (Phi) is 12.4. The van der Waals surface area contributed by atoms with Gasteiger partial charge in [0.1, 0.15) is 5.69 Å². The summed E-state index contributed by atoms with van der Waals surface area (Å²) in [7, 11) is 2.17. The van der Waals surface area contributed by atoms with Crippen LogP contribution in [0.25, 0.3) is 16.9 Å². The lowest BCUT2D eigenvalue weighted by Gasteiger charge is -2.21. The van der Waals surface area contributed by atoms with E-state index in [1.165, 1.54) is 66.3 Å². The van der Waals surface area contributed by atoms with Crippen molar-refractivity contribution in [3.63, 3.8) is 0 Å². The maximum atomic E-state index is 5.84. The predicted molar refractivity (Wildman–Crippen MR) is 208 cm³/mol. The van der Waals surface area contributed by atoms with Crippen molar-refractivity contribution >= 4 is 0 Å². The molecule has 2 aromatic carbocycles. The average Bonchev–Trinajstić information content (AvgIpc) is 4.06. The van der Waals surface area contributed by atoms with Gasteiger partial charge in [-0.15, -0.1) is 10.2 Å². The molecule has 3 aliphatic heterocycles. The quantitative estimate of drug-likeness (QED) is 0.191. The number of nitrogens with zero attached hydrogens (tertiary/aromatic N) is 7. The summed E-state index contributed by atoms with van der Waals surface area (Å²) >= 11 is 0. The van der Waals surface area contributed by atoms with Gasteiger partial charge in [-0.1, -0.05) is 54.0 Å². The Hall–Kier alpha value is -4.28. The van der Waals surface area contributed by atoms with Crippen molar-refractivity contribution in [3.05, 3.63) is 76.2 Å². The molecule has 2 aromatic heterocycles. The molecule has 0 bridgehead atoms. The first-order chi connectivity index (χ1) is 26.0. The second kappa shape index (κ2) is 17.7. The van der Waals surface area contributed by atoms with Gasteiger partial charge < -0.3 is 9.47 Å². The summed E-state index contributed by atoms with van der Waals surface area (Å²) in [6.07, 6.45) is 16.2. The largest absolute Gasteiger partial charge is 0.381 e. The number of aromatic nitrogens is 6. The summed E-state index contributed by atoms with van der Waals surface area (Å²) < 4.78 is 15.1. The van der Waals surface area contributed by atoms with Gasteiger partial charge in [-0.05, 0) is 125 Å². The zero-order valence-corrected chi connectivity index (χ0v) is 32.1. The molecule has 0 amide bonds. The zero-order chi connectivity index (χ0) is 36.6. The third kappa shape index (κ3) is 10.0. The van der Waals surface area contributed by atoms with Crippen LogP contribution in [0.15, 0.2) is 42.7 Å². The Bertz CT molecular complexity index is 1950. The smallest absolute Gasteiger partial charge is 0.113 e. The van der Waals surface area contributed by atoms with Gasteiger partial charge in [0.2, 0.25) is 0 Å². The van der Waals surface area contributed by atoms with Crippen LogP contribution in [0.2, 0.25) is 0 Å². The highest BCUT2D eigenvalue weighted by molar-refractivity contribution is 5.68. The van der Waals surface area contributed by atoms with Crippen molar-refractivity contribution in [2.24, 2.45) is 17.8 Å². The molecule has 2 aliphatic carbocycles. The van der Waals surface area contributed by atoms with Gasteiger partial charge in [0.25, 0.3) is 0 Å². The Balaban J connectivity index is 0.000000158. The fourth-order valence-corrected chi connectivity index (χ4v) is 7.24. The molecular formula is C44H55N7O2. The van der Waals surface area contributed by atoms with E-state index in [0.717, 1.165) is 87.8 Å². The van der Waals surface area contributed by atoms with Gasteiger partial charge >= 0.3 is 0 Å². The minimum atomic E-state index is 0.269. The molecule has 278 valence electrons. The lowest BCUT2D eigenvalue weighted by atomic mass is 9.95. The molecular weight excluding hydrogens is 659 g/mol. The minimum absolute atomic E-state index is 0.269. The van der Waals surface area contributed by atoms with Gasteiger partial charge in [0, 0.05) is 61.4 Å². The van der Waals surface area contributed by atoms with Crippen molar-refractivity contribution in [1.82, 2.24) is 34.9 Å². The van der Waals surface area contributed by atoms with Crippen LogP contribution in [-0.2, 0) is 35.5 Å². The SMILES string of the molecule is CC.CN1Cc2c(C#CC3CC3)ccc(-c3cn(C[C@H]4CCCCO4)nn3)c2C1.Cc1cc(C#CC2CC2)ccc1-n1cc(CC2CCOCC2)nn1. The summed E-state index contributed by atoms with van der Waals surface area (Å²) in [6, 6.07) is 10.7. The second-order valence-electron chi connectivity index (χ2n) is 15.1. The predicted octanol–water partition coefficient (Wildman–Crippen LogP) is 7.55. The summed E-state index contributed by atoms with van der Waals surface area (Å²) in [5.41, 5.74) is 10.5. The normalized spacial score (nSPS) is 19.7. The Labute approximate surface area is 315 Å². The molecule has 0 radical (unpaired) electrons. The first-order valence-corrected chi connectivity index (χ1v) is 20.0. The zero-order valence-electron chi connectivity index (χ0n) is 32.1. The van der Waals surface area contributed by atoms with Crippen LogP contribution >= 0.6 is 0 Å². The summed E-state index contributed by atoms with van der Waals surface area (Å²) in [5, 5.41) is 17.5. The Morgan fingerprint density at radius 1 is 0.792 bits per heavy atom. The molecule has 2 saturated heterocycles. The fourth-order valence-electron chi connectivity index (χ4n) is 7.24. The molecule has 0 N–H and O–H groups in total. The lowest BCUT2D eigenvalue weighted by molar-refractivity contribution is 0.00370. The summed E-state index contributed by atoms with van der Waals surface area (Å²) in [6.45, 7) is 11.4. The van der Waals surface area contributed by atoms with Gasteiger partial charge in [-0.2, -0.15) is 0 Å². The fraction of sp³-hybridized carbons (Fsp3) is 0.545. The molecule has 4 aromatic rings. The summed E-state index contributed by atoms with van der Waals surface area (Å²) in [5.74, 6) is 15.4. The lowest BCUT2D eigenvalue weighted by Crippen LogP contribution is -2.24. The number of fused-ring (bicyclic) bond motifs is 1. The van der Waals surface area contributed by atoms with Crippen LogP contribution in [0.4, 0.5) is 0 Å². The molecule has 9 rings (SSSR count). The standard InChI is InChI=1S/C22H26N4O.C20H23N3O.C2H6/c1-25-13-20-17(8-7-16-5-6-16)9-10-19(21(20)14-25)22-15-26(24-23-22)12-18-4-2-3-11-27-18;1-15-12-17(5-4-16-2-3-16)6-7-20(15)23-14-19(21-22-23)13-18-8-10-24-11-9-18;1-2/h9-10,15-16,18H,2-6,11-14H2,1H3;6-7,12,14,16,18H,2-3,8-11,13H2,1H3;1-2H3/t18-;;/m1../s1. The van der Waals surface area contributed by atoms with Crippen molar-refractivity contribution < 1.29 is 9.47 Å². The molecule has 5 aliphatic rings. The monoisotopic (exact) mass is 713 g/mol. The number of benzene rings is 2. The highest BCUT2D eigenvalue weighted by Gasteiger charge is 2.25. The minimum Gasteiger partial charge on any atom is -0.381 e. The van der Waals surface area contributed by atoms with E-state index in [2.05, 4.69) is 106 Å². The first kappa shape index (κ1) is 37.1. The Morgan fingerprint density at radius 2 is 1.57 bits per heavy atom. The van der Waals surface area contributed by atoms with Crippen LogP contribution in [0.3, 0.4) is 0 Å². The van der Waals surface area contributed by atoms with Crippen LogP contribution in [0.1, 0.15) is 105 Å². The second-order valence-corrected chi connectivity index (χ2v) is 15.1. The third-order valence-electron chi connectivity index (χ3n) is 10.6. The van der Waals surface area contributed by atoms with Gasteiger partial charge in [-0.3, -0.25) is 4.90 Å². The van der Waals surface area contributed by atoms with E-state index in [1.807, 2.05) is 23.2 Å². The van der Waals surface area contributed by atoms with E-state index in [1.54, 1.807) is 0 Å². The molecule has 9 heteroatoms. The first-order valence-electron chi connectivity index (χ1n) is 20.0. The number of rotatable bonds is 6. The molecule has 4 fully saturated rings. The molecule has 1 atom stereocenters. The average molecular weight is 714 g/mol. The third-order valence-corrected chi connectivity index (χ3v) is 10.6. The van der Waals surface area contributed by atoms with E-state index >= 15 is 0 Å². The molecule has 2 saturated carbocycles. The van der Waals surface area contributed by atoms with Gasteiger partial charge in [0.15, 0.2) is 0 Å². The molecule has 5 heterocycles. The maximum absolute atomic E-state index is 5.84. The van der Waals surface area contributed by atoms with E-state index in [0.29, 0.717) is 17.8 Å². The highest BCUT2D eigenvalue weighted by Crippen LogP contribution is 2.34. The molecule has 9 nitrogen and oxygen atoms in total. The van der Waals surface area contributed by atoms with Crippen LogP contribution < -0.4 is 0 Å². The van der Waals surface area contributed by atoms with Gasteiger partial charge in [0.05, 0.1) is 36.4 Å². The van der Waals surface area contributed by atoms with E-state index in [4.69, 9.17) is 9.47 Å². The molecule has 53 heavy (non-hydrogen) atoms. The van der Waals surface area contributed by atoms with E-state index in [9.17, 15) is 0 Å². The van der Waals surface area contributed by atoms with Crippen molar-refractivity contribution in [2.45, 2.75) is 111 Å². The summed E-state index contributed by atoms with van der Waals surface area (Å²) in [4.78, 5) is 2.34. The number of aryl methyl sites for hydroxylation is 1. The van der Waals surface area contributed by atoms with Crippen LogP contribution in [0, 0.1) is 48.4 Å². The number of hydrogen-bond donors (Lipinski definition) is 0. The Morgan fingerprint density at radius 3 is 2.30 bits per heavy atom. The highest BCUT2D eigenvalue weighted by atomic mass is 16.5. The van der Waals surface area contributed by atoms with Crippen molar-refractivity contribution in [1.29, 1.82) is 0 Å². The van der Waals surface area contributed by atoms with Crippen LogP contribution in [0.5, 0.6) is 0 Å². The number of hydrogen-bond acceptors (Lipinski definition) is 7. The van der Waals surface area contributed by atoms with Gasteiger partial charge in [-0.25, -0.2) is 9.36 Å². The maximum Gasteiger partial charge on any atom is 0.113 e. The van der Waals surface area contributed by atoms with E-state index < -0.39 is 0 Å². The van der Waals surface area contributed by atoms with E-state index in [-0.39, 0.29) is 6.10 Å². The van der Waals surface area contributed by atoms with Crippen LogP contribution in [-0.4, -0.2) is 67.9 Å². The molecule has 0 spiro atoms. The topological polar surface area (TPSA) is 83.1 Å². The van der Waals surface area contributed by atoms with Crippen molar-refractivity contribution in [2.75, 3.05) is 26.9 Å². The van der Waals surface area contributed by atoms with Crippen molar-refractivity contribution in [3.8, 4) is 40.6 Å².